The van der Waals surface area contributed by atoms with Gasteiger partial charge >= 0.3 is 0 Å². The molecule has 1 N–H and O–H groups in total. The predicted molar refractivity (Wildman–Crippen MR) is 86.8 cm³/mol. The molecule has 0 heterocycles. The first-order chi connectivity index (χ1) is 9.66. The molecule has 0 aromatic rings. The van der Waals surface area contributed by atoms with E-state index in [1.54, 1.807) is 0 Å². The van der Waals surface area contributed by atoms with E-state index in [-0.39, 0.29) is 5.60 Å². The molecule has 0 radical (unpaired) electrons. The van der Waals surface area contributed by atoms with Crippen molar-refractivity contribution >= 4 is 0 Å². The van der Waals surface area contributed by atoms with Gasteiger partial charge in [-0.3, -0.25) is 0 Å². The Kier molecular flexibility index (Phi) is 6.39. The summed E-state index contributed by atoms with van der Waals surface area (Å²) in [5.74, 6) is 1.97. The molecule has 2 fully saturated rings. The third kappa shape index (κ3) is 4.00. The minimum Gasteiger partial charge on any atom is -0.389 e. The molecule has 0 aliphatic heterocycles. The lowest BCUT2D eigenvalue weighted by molar-refractivity contribution is -0.101. The monoisotopic (exact) mass is 280 g/mol. The molecule has 118 valence electrons. The van der Waals surface area contributed by atoms with Gasteiger partial charge in [-0.1, -0.05) is 58.8 Å². The second-order valence-corrected chi connectivity index (χ2v) is 7.71. The zero-order valence-electron chi connectivity index (χ0n) is 13.9. The molecule has 0 aromatic heterocycles. The second-order valence-electron chi connectivity index (χ2n) is 7.71. The van der Waals surface area contributed by atoms with Crippen LogP contribution in [-0.4, -0.2) is 10.7 Å². The standard InChI is InChI=1S/C19H36O/c1-3-16(2)14-15-19(20,17-10-6-4-7-11-17)18-12-8-5-9-13-18/h16-18,20H,3-15H2,1-2H3. The van der Waals surface area contributed by atoms with Crippen LogP contribution < -0.4 is 0 Å². The van der Waals surface area contributed by atoms with Crippen molar-refractivity contribution in [2.75, 3.05) is 0 Å². The summed E-state index contributed by atoms with van der Waals surface area (Å²) in [7, 11) is 0. The molecule has 1 atom stereocenters. The molecule has 2 saturated carbocycles. The van der Waals surface area contributed by atoms with Crippen molar-refractivity contribution in [1.29, 1.82) is 0 Å². The maximum Gasteiger partial charge on any atom is 0.0703 e. The molecule has 20 heavy (non-hydrogen) atoms. The quantitative estimate of drug-likeness (QED) is 0.661. The summed E-state index contributed by atoms with van der Waals surface area (Å²) >= 11 is 0. The highest BCUT2D eigenvalue weighted by atomic mass is 16.3. The maximum absolute atomic E-state index is 11.6. The Morgan fingerprint density at radius 3 is 1.75 bits per heavy atom. The Balaban J connectivity index is 2.03. The molecule has 0 spiro atoms. The van der Waals surface area contributed by atoms with Gasteiger partial charge in [0.05, 0.1) is 5.60 Å². The third-order valence-corrected chi connectivity index (χ3v) is 6.36. The van der Waals surface area contributed by atoms with E-state index in [1.165, 1.54) is 77.0 Å². The predicted octanol–water partition coefficient (Wildman–Crippen LogP) is 5.70. The molecule has 0 aromatic carbocycles. The van der Waals surface area contributed by atoms with Gasteiger partial charge in [0.2, 0.25) is 0 Å². The van der Waals surface area contributed by atoms with E-state index in [4.69, 9.17) is 0 Å². The van der Waals surface area contributed by atoms with Gasteiger partial charge in [-0.25, -0.2) is 0 Å². The molecule has 2 aliphatic rings. The Morgan fingerprint density at radius 2 is 1.35 bits per heavy atom. The molecule has 1 unspecified atom stereocenters. The second kappa shape index (κ2) is 7.82. The summed E-state index contributed by atoms with van der Waals surface area (Å²) in [6, 6.07) is 0. The fourth-order valence-electron chi connectivity index (χ4n) is 4.63. The van der Waals surface area contributed by atoms with Crippen LogP contribution in [0.15, 0.2) is 0 Å². The van der Waals surface area contributed by atoms with Crippen LogP contribution >= 0.6 is 0 Å². The zero-order chi connectivity index (χ0) is 14.4. The first-order valence-electron chi connectivity index (χ1n) is 9.39. The molecule has 2 rings (SSSR count). The van der Waals surface area contributed by atoms with Crippen LogP contribution in [0.25, 0.3) is 0 Å². The Hall–Kier alpha value is -0.0400. The summed E-state index contributed by atoms with van der Waals surface area (Å²) in [6.45, 7) is 4.63. The van der Waals surface area contributed by atoms with Crippen LogP contribution in [0.5, 0.6) is 0 Å². The van der Waals surface area contributed by atoms with Gasteiger partial charge in [-0.05, 0) is 56.3 Å². The average Bonchev–Trinajstić information content (AvgIpc) is 2.54. The SMILES string of the molecule is CCC(C)CCC(O)(C1CCCCC1)C1CCCCC1. The van der Waals surface area contributed by atoms with Crippen LogP contribution in [0.3, 0.4) is 0 Å². The van der Waals surface area contributed by atoms with Crippen molar-refractivity contribution in [2.24, 2.45) is 17.8 Å². The molecular weight excluding hydrogens is 244 g/mol. The van der Waals surface area contributed by atoms with Crippen LogP contribution in [0, 0.1) is 17.8 Å². The highest BCUT2D eigenvalue weighted by Crippen LogP contribution is 2.45. The maximum atomic E-state index is 11.6. The summed E-state index contributed by atoms with van der Waals surface area (Å²) in [5.41, 5.74) is -0.329. The highest BCUT2D eigenvalue weighted by Gasteiger charge is 2.43. The van der Waals surface area contributed by atoms with Crippen molar-refractivity contribution in [1.82, 2.24) is 0 Å². The van der Waals surface area contributed by atoms with Gasteiger partial charge in [-0.2, -0.15) is 0 Å². The largest absolute Gasteiger partial charge is 0.389 e. The van der Waals surface area contributed by atoms with E-state index < -0.39 is 0 Å². The van der Waals surface area contributed by atoms with Crippen LogP contribution in [-0.2, 0) is 0 Å². The first-order valence-corrected chi connectivity index (χ1v) is 9.39. The molecule has 0 amide bonds. The first kappa shape index (κ1) is 16.3. The van der Waals surface area contributed by atoms with E-state index >= 15 is 0 Å². The topological polar surface area (TPSA) is 20.2 Å². The van der Waals surface area contributed by atoms with Crippen molar-refractivity contribution in [2.45, 2.75) is 103 Å². The van der Waals surface area contributed by atoms with E-state index in [0.29, 0.717) is 11.8 Å². The number of rotatable bonds is 6. The highest BCUT2D eigenvalue weighted by molar-refractivity contribution is 4.95. The Labute approximate surface area is 126 Å². The smallest absolute Gasteiger partial charge is 0.0703 e. The van der Waals surface area contributed by atoms with Crippen LogP contribution in [0.1, 0.15) is 97.3 Å². The molecule has 1 heteroatoms. The number of hydrogen-bond donors (Lipinski definition) is 1. The fraction of sp³-hybridized carbons (Fsp3) is 1.00. The van der Waals surface area contributed by atoms with Gasteiger partial charge in [0, 0.05) is 0 Å². The summed E-state index contributed by atoms with van der Waals surface area (Å²) in [5, 5.41) is 11.6. The van der Waals surface area contributed by atoms with Crippen molar-refractivity contribution in [3.63, 3.8) is 0 Å². The number of aliphatic hydroxyl groups is 1. The molecule has 0 saturated heterocycles. The average molecular weight is 280 g/mol. The Morgan fingerprint density at radius 1 is 0.900 bits per heavy atom. The van der Waals surface area contributed by atoms with Crippen LogP contribution in [0.4, 0.5) is 0 Å². The van der Waals surface area contributed by atoms with Gasteiger partial charge in [0.15, 0.2) is 0 Å². The van der Waals surface area contributed by atoms with E-state index in [2.05, 4.69) is 13.8 Å². The van der Waals surface area contributed by atoms with Crippen molar-refractivity contribution in [3.05, 3.63) is 0 Å². The minimum absolute atomic E-state index is 0.329. The summed E-state index contributed by atoms with van der Waals surface area (Å²) in [4.78, 5) is 0. The lowest BCUT2D eigenvalue weighted by Crippen LogP contribution is -2.47. The Bertz CT molecular complexity index is 243. The molecule has 0 bridgehead atoms. The van der Waals surface area contributed by atoms with Gasteiger partial charge in [-0.15, -0.1) is 0 Å². The minimum atomic E-state index is -0.329. The summed E-state index contributed by atoms with van der Waals surface area (Å²) in [6.07, 6.45) is 16.9. The molecule has 2 aliphatic carbocycles. The zero-order valence-corrected chi connectivity index (χ0v) is 13.9. The lowest BCUT2D eigenvalue weighted by Gasteiger charge is -2.46. The van der Waals surface area contributed by atoms with Gasteiger partial charge in [0.1, 0.15) is 0 Å². The van der Waals surface area contributed by atoms with Crippen LogP contribution in [0.2, 0.25) is 0 Å². The van der Waals surface area contributed by atoms with E-state index in [9.17, 15) is 5.11 Å². The van der Waals surface area contributed by atoms with E-state index in [0.717, 1.165) is 12.3 Å². The lowest BCUT2D eigenvalue weighted by atomic mass is 9.64. The van der Waals surface area contributed by atoms with E-state index in [1.807, 2.05) is 0 Å². The molecular formula is C19H36O. The van der Waals surface area contributed by atoms with Crippen molar-refractivity contribution in [3.8, 4) is 0 Å². The number of hydrogen-bond acceptors (Lipinski definition) is 1. The van der Waals surface area contributed by atoms with Crippen molar-refractivity contribution < 1.29 is 5.11 Å². The summed E-state index contributed by atoms with van der Waals surface area (Å²) < 4.78 is 0. The van der Waals surface area contributed by atoms with Gasteiger partial charge < -0.3 is 5.11 Å². The fourth-order valence-corrected chi connectivity index (χ4v) is 4.63. The third-order valence-electron chi connectivity index (χ3n) is 6.36. The normalized spacial score (nSPS) is 24.8. The van der Waals surface area contributed by atoms with Gasteiger partial charge in [0.25, 0.3) is 0 Å². The molecule has 1 nitrogen and oxygen atoms in total.